The highest BCUT2D eigenvalue weighted by Gasteiger charge is 2.09. The van der Waals surface area contributed by atoms with Crippen LogP contribution in [-0.4, -0.2) is 26.2 Å². The summed E-state index contributed by atoms with van der Waals surface area (Å²) in [6.07, 6.45) is 1.47. The van der Waals surface area contributed by atoms with Gasteiger partial charge in [0.25, 0.3) is 0 Å². The van der Waals surface area contributed by atoms with Gasteiger partial charge < -0.3 is 4.74 Å². The first-order chi connectivity index (χ1) is 10.7. The van der Waals surface area contributed by atoms with Crippen molar-refractivity contribution in [3.05, 3.63) is 71.5 Å². The Balaban J connectivity index is 1.71. The van der Waals surface area contributed by atoms with Crippen molar-refractivity contribution < 1.29 is 9.53 Å². The summed E-state index contributed by atoms with van der Waals surface area (Å²) < 4.78 is 6.83. The van der Waals surface area contributed by atoms with E-state index in [1.807, 2.05) is 37.3 Å². The number of hydrogen-bond donors (Lipinski definition) is 0. The van der Waals surface area contributed by atoms with Crippen LogP contribution in [0.2, 0.25) is 0 Å². The fourth-order valence-electron chi connectivity index (χ4n) is 2.09. The van der Waals surface area contributed by atoms with Gasteiger partial charge >= 0.3 is 5.97 Å². The SMILES string of the molecule is Cc1cccc(COC(=O)c2cccc(-n3cnnn3)c2)c1. The van der Waals surface area contributed by atoms with E-state index in [0.29, 0.717) is 11.3 Å². The van der Waals surface area contributed by atoms with Gasteiger partial charge in [0.05, 0.1) is 11.3 Å². The number of tetrazole rings is 1. The molecule has 3 aromatic rings. The number of hydrogen-bond acceptors (Lipinski definition) is 5. The highest BCUT2D eigenvalue weighted by atomic mass is 16.5. The second kappa shape index (κ2) is 6.17. The van der Waals surface area contributed by atoms with Gasteiger partial charge in [0, 0.05) is 0 Å². The van der Waals surface area contributed by atoms with E-state index in [1.54, 1.807) is 18.2 Å². The quantitative estimate of drug-likeness (QED) is 0.691. The molecule has 0 aliphatic heterocycles. The van der Waals surface area contributed by atoms with Gasteiger partial charge in [-0.05, 0) is 41.1 Å². The number of aromatic nitrogens is 4. The Labute approximate surface area is 127 Å². The first-order valence-electron chi connectivity index (χ1n) is 6.78. The van der Waals surface area contributed by atoms with Crippen LogP contribution in [0.3, 0.4) is 0 Å². The fourth-order valence-corrected chi connectivity index (χ4v) is 2.09. The molecule has 0 radical (unpaired) electrons. The minimum atomic E-state index is -0.378. The van der Waals surface area contributed by atoms with Crippen molar-refractivity contribution in [3.8, 4) is 5.69 Å². The van der Waals surface area contributed by atoms with Crippen molar-refractivity contribution in [2.75, 3.05) is 0 Å². The molecule has 0 amide bonds. The minimum absolute atomic E-state index is 0.246. The Bertz CT molecular complexity index is 784. The highest BCUT2D eigenvalue weighted by molar-refractivity contribution is 5.90. The van der Waals surface area contributed by atoms with Gasteiger partial charge in [-0.25, -0.2) is 9.48 Å². The zero-order valence-corrected chi connectivity index (χ0v) is 12.0. The van der Waals surface area contributed by atoms with E-state index in [1.165, 1.54) is 11.0 Å². The molecule has 22 heavy (non-hydrogen) atoms. The Morgan fingerprint density at radius 1 is 1.18 bits per heavy atom. The normalized spacial score (nSPS) is 10.4. The minimum Gasteiger partial charge on any atom is -0.457 e. The van der Waals surface area contributed by atoms with Crippen LogP contribution in [-0.2, 0) is 11.3 Å². The van der Waals surface area contributed by atoms with Gasteiger partial charge in [0.15, 0.2) is 0 Å². The maximum atomic E-state index is 12.1. The van der Waals surface area contributed by atoms with E-state index in [2.05, 4.69) is 15.5 Å². The summed E-state index contributed by atoms with van der Waals surface area (Å²) in [7, 11) is 0. The molecule has 0 N–H and O–H groups in total. The van der Waals surface area contributed by atoms with Crippen molar-refractivity contribution in [2.45, 2.75) is 13.5 Å². The van der Waals surface area contributed by atoms with Crippen molar-refractivity contribution >= 4 is 5.97 Å². The second-order valence-electron chi connectivity index (χ2n) is 4.87. The zero-order chi connectivity index (χ0) is 15.4. The summed E-state index contributed by atoms with van der Waals surface area (Å²) in [6, 6.07) is 14.8. The molecule has 110 valence electrons. The molecular weight excluding hydrogens is 280 g/mol. The smallest absolute Gasteiger partial charge is 0.338 e. The summed E-state index contributed by atoms with van der Waals surface area (Å²) in [5, 5.41) is 10.9. The Morgan fingerprint density at radius 3 is 2.82 bits per heavy atom. The van der Waals surface area contributed by atoms with E-state index in [9.17, 15) is 4.79 Å². The van der Waals surface area contributed by atoms with Gasteiger partial charge in [0.1, 0.15) is 12.9 Å². The van der Waals surface area contributed by atoms with Gasteiger partial charge in [0.2, 0.25) is 0 Å². The van der Waals surface area contributed by atoms with E-state index < -0.39 is 0 Å². The number of benzene rings is 2. The molecule has 6 heteroatoms. The lowest BCUT2D eigenvalue weighted by atomic mass is 10.1. The lowest BCUT2D eigenvalue weighted by Gasteiger charge is -2.07. The van der Waals surface area contributed by atoms with Gasteiger partial charge in [-0.15, -0.1) is 5.10 Å². The van der Waals surface area contributed by atoms with E-state index >= 15 is 0 Å². The molecule has 0 fully saturated rings. The van der Waals surface area contributed by atoms with Crippen LogP contribution in [0.4, 0.5) is 0 Å². The molecule has 6 nitrogen and oxygen atoms in total. The van der Waals surface area contributed by atoms with E-state index in [4.69, 9.17) is 4.74 Å². The van der Waals surface area contributed by atoms with Crippen LogP contribution in [0, 0.1) is 6.92 Å². The molecule has 0 aliphatic rings. The first kappa shape index (κ1) is 13.9. The topological polar surface area (TPSA) is 69.9 Å². The predicted octanol–water partition coefficient (Wildman–Crippen LogP) is 2.33. The molecule has 0 bridgehead atoms. The maximum Gasteiger partial charge on any atom is 0.338 e. The Morgan fingerprint density at radius 2 is 2.05 bits per heavy atom. The lowest BCUT2D eigenvalue weighted by Crippen LogP contribution is -2.06. The van der Waals surface area contributed by atoms with Gasteiger partial charge in [-0.2, -0.15) is 0 Å². The van der Waals surface area contributed by atoms with Crippen LogP contribution < -0.4 is 0 Å². The number of rotatable bonds is 4. The van der Waals surface area contributed by atoms with Crippen molar-refractivity contribution in [3.63, 3.8) is 0 Å². The third-order valence-corrected chi connectivity index (χ3v) is 3.15. The van der Waals surface area contributed by atoms with E-state index in [0.717, 1.165) is 11.1 Å². The van der Waals surface area contributed by atoms with E-state index in [-0.39, 0.29) is 12.6 Å². The average molecular weight is 294 g/mol. The molecule has 1 aromatic heterocycles. The average Bonchev–Trinajstić information content (AvgIpc) is 3.07. The zero-order valence-electron chi connectivity index (χ0n) is 12.0. The Hall–Kier alpha value is -3.02. The molecule has 0 saturated carbocycles. The third-order valence-electron chi connectivity index (χ3n) is 3.15. The number of carbonyl (C=O) groups excluding carboxylic acids is 1. The highest BCUT2D eigenvalue weighted by Crippen LogP contribution is 2.12. The largest absolute Gasteiger partial charge is 0.457 e. The van der Waals surface area contributed by atoms with Crippen LogP contribution >= 0.6 is 0 Å². The van der Waals surface area contributed by atoms with Crippen LogP contribution in [0.5, 0.6) is 0 Å². The summed E-state index contributed by atoms with van der Waals surface area (Å²) >= 11 is 0. The number of ether oxygens (including phenoxy) is 1. The summed E-state index contributed by atoms with van der Waals surface area (Å²) in [5.41, 5.74) is 3.26. The molecule has 1 heterocycles. The molecule has 0 spiro atoms. The monoisotopic (exact) mass is 294 g/mol. The molecular formula is C16H14N4O2. The van der Waals surface area contributed by atoms with Crippen LogP contribution in [0.15, 0.2) is 54.9 Å². The maximum absolute atomic E-state index is 12.1. The van der Waals surface area contributed by atoms with Crippen molar-refractivity contribution in [1.82, 2.24) is 20.2 Å². The number of carbonyl (C=O) groups is 1. The molecule has 3 rings (SSSR count). The predicted molar refractivity (Wildman–Crippen MR) is 79.5 cm³/mol. The third kappa shape index (κ3) is 3.17. The van der Waals surface area contributed by atoms with Crippen molar-refractivity contribution in [2.24, 2.45) is 0 Å². The lowest BCUT2D eigenvalue weighted by molar-refractivity contribution is 0.0472. The number of nitrogens with zero attached hydrogens (tertiary/aromatic N) is 4. The Kier molecular flexibility index (Phi) is 3.91. The summed E-state index contributed by atoms with van der Waals surface area (Å²) in [5.74, 6) is -0.378. The molecule has 0 saturated heterocycles. The van der Waals surface area contributed by atoms with Crippen LogP contribution in [0.1, 0.15) is 21.5 Å². The molecule has 0 aliphatic carbocycles. The van der Waals surface area contributed by atoms with Crippen LogP contribution in [0.25, 0.3) is 5.69 Å². The first-order valence-corrected chi connectivity index (χ1v) is 6.78. The second-order valence-corrected chi connectivity index (χ2v) is 4.87. The number of esters is 1. The summed E-state index contributed by atoms with van der Waals surface area (Å²) in [4.78, 5) is 12.1. The van der Waals surface area contributed by atoms with Gasteiger partial charge in [-0.1, -0.05) is 35.9 Å². The summed E-state index contributed by atoms with van der Waals surface area (Å²) in [6.45, 7) is 2.25. The molecule has 2 aromatic carbocycles. The molecule has 0 atom stereocenters. The fraction of sp³-hybridized carbons (Fsp3) is 0.125. The molecule has 0 unspecified atom stereocenters. The number of aryl methyl sites for hydroxylation is 1. The standard InChI is InChI=1S/C16H14N4O2/c1-12-4-2-5-13(8-12)10-22-16(21)14-6-3-7-15(9-14)20-11-17-18-19-20/h2-9,11H,10H2,1H3. The van der Waals surface area contributed by atoms with Gasteiger partial charge in [-0.3, -0.25) is 0 Å². The van der Waals surface area contributed by atoms with Crippen molar-refractivity contribution in [1.29, 1.82) is 0 Å².